The molecule has 0 rings (SSSR count). The highest BCUT2D eigenvalue weighted by Gasteiger charge is 1.75. The van der Waals surface area contributed by atoms with Gasteiger partial charge in [0.2, 0.25) is 0 Å². The third-order valence-corrected chi connectivity index (χ3v) is 0.802. The first-order valence-electron chi connectivity index (χ1n) is 2.77. The Bertz CT molecular complexity index is 29.6. The van der Waals surface area contributed by atoms with E-state index in [0.29, 0.717) is 0 Å². The number of nitrogens with one attached hydrogen (secondary N) is 2. The summed E-state index contributed by atoms with van der Waals surface area (Å²) in [5.41, 5.74) is 0. The van der Waals surface area contributed by atoms with E-state index in [2.05, 4.69) is 17.6 Å². The van der Waals surface area contributed by atoms with Crippen molar-refractivity contribution in [1.29, 1.82) is 0 Å². The van der Waals surface area contributed by atoms with Crippen molar-refractivity contribution in [2.45, 2.75) is 6.92 Å². The van der Waals surface area contributed by atoms with E-state index in [9.17, 15) is 0 Å². The van der Waals surface area contributed by atoms with E-state index >= 15 is 0 Å². The first-order chi connectivity index (χ1) is 3.41. The number of hydrogen-bond donors (Lipinski definition) is 2. The SMILES string of the molecule is CCNCCNC.[HH]. The van der Waals surface area contributed by atoms with Crippen LogP contribution >= 0.6 is 0 Å². The second kappa shape index (κ2) is 5.92. The van der Waals surface area contributed by atoms with Crippen LogP contribution in [0.3, 0.4) is 0 Å². The highest BCUT2D eigenvalue weighted by Crippen LogP contribution is 1.52. The van der Waals surface area contributed by atoms with Crippen molar-refractivity contribution in [2.75, 3.05) is 26.7 Å². The van der Waals surface area contributed by atoms with Crippen molar-refractivity contribution < 1.29 is 1.43 Å². The summed E-state index contributed by atoms with van der Waals surface area (Å²) >= 11 is 0. The van der Waals surface area contributed by atoms with Gasteiger partial charge in [-0.1, -0.05) is 6.92 Å². The topological polar surface area (TPSA) is 24.1 Å². The molecule has 0 spiro atoms. The molecular weight excluding hydrogens is 88.1 g/mol. The molecule has 0 unspecified atom stereocenters. The van der Waals surface area contributed by atoms with Crippen LogP contribution in [0.4, 0.5) is 0 Å². The molecule has 2 nitrogen and oxygen atoms in total. The number of rotatable bonds is 4. The monoisotopic (exact) mass is 104 g/mol. The van der Waals surface area contributed by atoms with Crippen LogP contribution in [0.25, 0.3) is 0 Å². The molecule has 0 radical (unpaired) electrons. The summed E-state index contributed by atoms with van der Waals surface area (Å²) in [6, 6.07) is 0. The van der Waals surface area contributed by atoms with E-state index in [1.807, 2.05) is 7.05 Å². The molecule has 0 fully saturated rings. The summed E-state index contributed by atoms with van der Waals surface area (Å²) in [6.45, 7) is 5.32. The molecule has 0 saturated carbocycles. The van der Waals surface area contributed by atoms with Gasteiger partial charge in [-0.3, -0.25) is 0 Å². The van der Waals surface area contributed by atoms with Crippen molar-refractivity contribution in [3.8, 4) is 0 Å². The highest BCUT2D eigenvalue weighted by atomic mass is 14.9. The van der Waals surface area contributed by atoms with Gasteiger partial charge in [-0.2, -0.15) is 0 Å². The quantitative estimate of drug-likeness (QED) is 0.493. The van der Waals surface area contributed by atoms with E-state index in [0.717, 1.165) is 19.6 Å². The Labute approximate surface area is 46.8 Å². The maximum atomic E-state index is 3.19. The van der Waals surface area contributed by atoms with Gasteiger partial charge >= 0.3 is 0 Å². The second-order valence-corrected chi connectivity index (χ2v) is 1.46. The average Bonchev–Trinajstić information content (AvgIpc) is 1.69. The summed E-state index contributed by atoms with van der Waals surface area (Å²) in [4.78, 5) is 0. The molecular formula is C5H16N2. The normalized spacial score (nSPS) is 9.43. The van der Waals surface area contributed by atoms with Gasteiger partial charge in [0, 0.05) is 14.5 Å². The minimum atomic E-state index is 0. The largest absolute Gasteiger partial charge is 0.318 e. The Morgan fingerprint density at radius 1 is 1.43 bits per heavy atom. The first-order valence-corrected chi connectivity index (χ1v) is 2.77. The van der Waals surface area contributed by atoms with Gasteiger partial charge in [-0.05, 0) is 13.6 Å². The summed E-state index contributed by atoms with van der Waals surface area (Å²) in [5, 5.41) is 6.23. The first kappa shape index (κ1) is 6.92. The van der Waals surface area contributed by atoms with Crippen molar-refractivity contribution in [3.05, 3.63) is 0 Å². The van der Waals surface area contributed by atoms with Crippen molar-refractivity contribution in [3.63, 3.8) is 0 Å². The molecule has 2 N–H and O–H groups in total. The molecule has 0 atom stereocenters. The molecule has 0 amide bonds. The molecule has 0 aliphatic heterocycles. The molecule has 46 valence electrons. The minimum Gasteiger partial charge on any atom is -0.318 e. The van der Waals surface area contributed by atoms with Crippen LogP contribution in [0.2, 0.25) is 0 Å². The molecule has 0 bridgehead atoms. The summed E-state index contributed by atoms with van der Waals surface area (Å²) < 4.78 is 0. The highest BCUT2D eigenvalue weighted by molar-refractivity contribution is 4.42. The molecule has 0 aromatic heterocycles. The van der Waals surface area contributed by atoms with Gasteiger partial charge in [0.25, 0.3) is 0 Å². The van der Waals surface area contributed by atoms with Crippen molar-refractivity contribution in [1.82, 2.24) is 10.6 Å². The average molecular weight is 104 g/mol. The maximum absolute atomic E-state index is 3.19. The standard InChI is InChI=1S/C5H14N2.H2/c1-3-7-5-4-6-2;/h6-7H,3-5H2,1-2H3;1H. The Kier molecular flexibility index (Phi) is 5.85. The van der Waals surface area contributed by atoms with E-state index in [4.69, 9.17) is 0 Å². The second-order valence-electron chi connectivity index (χ2n) is 1.46. The molecule has 0 aliphatic rings. The van der Waals surface area contributed by atoms with Crippen LogP contribution in [0.15, 0.2) is 0 Å². The Morgan fingerprint density at radius 3 is 2.57 bits per heavy atom. The van der Waals surface area contributed by atoms with Crippen LogP contribution in [-0.4, -0.2) is 26.7 Å². The van der Waals surface area contributed by atoms with Crippen LogP contribution in [-0.2, 0) is 0 Å². The zero-order chi connectivity index (χ0) is 5.54. The lowest BCUT2D eigenvalue weighted by molar-refractivity contribution is 0.672. The van der Waals surface area contributed by atoms with Crippen LogP contribution in [0.5, 0.6) is 0 Å². The van der Waals surface area contributed by atoms with Crippen LogP contribution < -0.4 is 10.6 Å². The maximum Gasteiger partial charge on any atom is 0.00764 e. The molecule has 7 heavy (non-hydrogen) atoms. The molecule has 0 heterocycles. The summed E-state index contributed by atoms with van der Waals surface area (Å²) in [7, 11) is 1.96. The zero-order valence-electron chi connectivity index (χ0n) is 5.12. The van der Waals surface area contributed by atoms with Gasteiger partial charge in [0.1, 0.15) is 0 Å². The Morgan fingerprint density at radius 2 is 2.14 bits per heavy atom. The number of hydrogen-bond acceptors (Lipinski definition) is 2. The zero-order valence-corrected chi connectivity index (χ0v) is 5.12. The minimum absolute atomic E-state index is 0. The summed E-state index contributed by atoms with van der Waals surface area (Å²) in [5.74, 6) is 0. The van der Waals surface area contributed by atoms with Gasteiger partial charge in [-0.15, -0.1) is 0 Å². The fourth-order valence-electron chi connectivity index (χ4n) is 0.390. The van der Waals surface area contributed by atoms with Gasteiger partial charge in [0.15, 0.2) is 0 Å². The third-order valence-electron chi connectivity index (χ3n) is 0.802. The molecule has 0 aromatic rings. The fraction of sp³-hybridized carbons (Fsp3) is 1.00. The predicted octanol–water partition coefficient (Wildman–Crippen LogP) is 0.0613. The molecule has 2 heteroatoms. The van der Waals surface area contributed by atoms with Crippen molar-refractivity contribution >= 4 is 0 Å². The van der Waals surface area contributed by atoms with Gasteiger partial charge in [-0.25, -0.2) is 0 Å². The van der Waals surface area contributed by atoms with Crippen LogP contribution in [0, 0.1) is 0 Å². The lowest BCUT2D eigenvalue weighted by Crippen LogP contribution is -2.24. The van der Waals surface area contributed by atoms with Gasteiger partial charge in [0.05, 0.1) is 0 Å². The fourth-order valence-corrected chi connectivity index (χ4v) is 0.390. The molecule has 0 aliphatic carbocycles. The van der Waals surface area contributed by atoms with Crippen molar-refractivity contribution in [2.24, 2.45) is 0 Å². The summed E-state index contributed by atoms with van der Waals surface area (Å²) in [6.07, 6.45) is 0. The van der Waals surface area contributed by atoms with Gasteiger partial charge < -0.3 is 10.6 Å². The Hall–Kier alpha value is -0.0800. The smallest absolute Gasteiger partial charge is 0.00764 e. The lowest BCUT2D eigenvalue weighted by atomic mass is 10.6. The van der Waals surface area contributed by atoms with Crippen LogP contribution in [0.1, 0.15) is 8.35 Å². The predicted molar refractivity (Wildman–Crippen MR) is 34.6 cm³/mol. The van der Waals surface area contributed by atoms with E-state index < -0.39 is 0 Å². The third kappa shape index (κ3) is 5.92. The van der Waals surface area contributed by atoms with E-state index in [1.54, 1.807) is 0 Å². The van der Waals surface area contributed by atoms with E-state index in [-0.39, 0.29) is 1.43 Å². The lowest BCUT2D eigenvalue weighted by Gasteiger charge is -1.96. The Balaban J connectivity index is 0. The number of likely N-dealkylation sites (N-methyl/N-ethyl adjacent to an activating group) is 2. The van der Waals surface area contributed by atoms with E-state index in [1.165, 1.54) is 0 Å². The molecule has 0 saturated heterocycles. The molecule has 0 aromatic carbocycles.